The summed E-state index contributed by atoms with van der Waals surface area (Å²) in [6.07, 6.45) is 0. The van der Waals surface area contributed by atoms with E-state index in [4.69, 9.17) is 11.5 Å². The predicted molar refractivity (Wildman–Crippen MR) is 51.9 cm³/mol. The Morgan fingerprint density at radius 2 is 2.25 bits per heavy atom. The first kappa shape index (κ1) is 8.59. The van der Waals surface area contributed by atoms with Gasteiger partial charge < -0.3 is 11.5 Å². The topological polar surface area (TPSA) is 64.4 Å². The molecular weight excluding hydrogens is 150 g/mol. The maximum Gasteiger partial charge on any atom is 0.0909 e. The average Bonchev–Trinajstić information content (AvgIpc) is 2.01. The zero-order valence-corrected chi connectivity index (χ0v) is 7.12. The highest BCUT2D eigenvalue weighted by Crippen LogP contribution is 2.07. The Hall–Kier alpha value is -1.51. The van der Waals surface area contributed by atoms with Crippen molar-refractivity contribution in [3.63, 3.8) is 0 Å². The molecule has 0 saturated carbocycles. The third-order valence-corrected chi connectivity index (χ3v) is 1.46. The van der Waals surface area contributed by atoms with E-state index >= 15 is 0 Å². The van der Waals surface area contributed by atoms with Gasteiger partial charge in [-0.2, -0.15) is 0 Å². The molecule has 0 aliphatic carbocycles. The SMILES string of the molecule is CC(N)=NCc1cccc(N)c1. The molecule has 12 heavy (non-hydrogen) atoms. The summed E-state index contributed by atoms with van der Waals surface area (Å²) in [7, 11) is 0. The number of benzene rings is 1. The van der Waals surface area contributed by atoms with Crippen molar-refractivity contribution in [2.75, 3.05) is 5.73 Å². The number of nitrogens with zero attached hydrogens (tertiary/aromatic N) is 1. The molecule has 0 amide bonds. The van der Waals surface area contributed by atoms with Crippen molar-refractivity contribution < 1.29 is 0 Å². The van der Waals surface area contributed by atoms with Crippen molar-refractivity contribution >= 4 is 11.5 Å². The van der Waals surface area contributed by atoms with Gasteiger partial charge in [-0.05, 0) is 24.6 Å². The van der Waals surface area contributed by atoms with Crippen LogP contribution in [0.5, 0.6) is 0 Å². The second-order valence-corrected chi connectivity index (χ2v) is 2.70. The van der Waals surface area contributed by atoms with E-state index in [1.807, 2.05) is 24.3 Å². The predicted octanol–water partition coefficient (Wildman–Crippen LogP) is 1.15. The lowest BCUT2D eigenvalue weighted by atomic mass is 10.2. The van der Waals surface area contributed by atoms with Crippen LogP contribution in [0.3, 0.4) is 0 Å². The van der Waals surface area contributed by atoms with Crippen LogP contribution in [0.1, 0.15) is 12.5 Å². The summed E-state index contributed by atoms with van der Waals surface area (Å²) in [6, 6.07) is 7.63. The first-order valence-electron chi connectivity index (χ1n) is 3.79. The van der Waals surface area contributed by atoms with Gasteiger partial charge in [0.15, 0.2) is 0 Å². The third kappa shape index (κ3) is 2.62. The summed E-state index contributed by atoms with van der Waals surface area (Å²) >= 11 is 0. The molecule has 0 spiro atoms. The maximum absolute atomic E-state index is 5.59. The molecule has 0 aliphatic heterocycles. The number of aliphatic imine (C=N–C) groups is 1. The van der Waals surface area contributed by atoms with Crippen LogP contribution in [0.4, 0.5) is 5.69 Å². The standard InChI is InChI=1S/C9H13N3/c1-7(10)12-6-8-3-2-4-9(11)5-8/h2-5H,6,11H2,1H3,(H2,10,12). The molecule has 0 radical (unpaired) electrons. The largest absolute Gasteiger partial charge is 0.399 e. The smallest absolute Gasteiger partial charge is 0.0909 e. The fourth-order valence-corrected chi connectivity index (χ4v) is 0.907. The molecule has 0 saturated heterocycles. The highest BCUT2D eigenvalue weighted by atomic mass is 14.8. The summed E-state index contributed by atoms with van der Waals surface area (Å²) in [5, 5.41) is 0. The number of nitrogens with two attached hydrogens (primary N) is 2. The van der Waals surface area contributed by atoms with Crippen LogP contribution in [0.15, 0.2) is 29.3 Å². The molecule has 1 aromatic rings. The van der Waals surface area contributed by atoms with E-state index in [1.54, 1.807) is 6.92 Å². The van der Waals surface area contributed by atoms with E-state index in [1.165, 1.54) is 0 Å². The van der Waals surface area contributed by atoms with Crippen molar-refractivity contribution in [3.8, 4) is 0 Å². The Labute approximate surface area is 72.1 Å². The number of hydrogen-bond acceptors (Lipinski definition) is 2. The van der Waals surface area contributed by atoms with Gasteiger partial charge in [-0.3, -0.25) is 4.99 Å². The van der Waals surface area contributed by atoms with Crippen molar-refractivity contribution in [2.24, 2.45) is 10.7 Å². The Balaban J connectivity index is 2.70. The second-order valence-electron chi connectivity index (χ2n) is 2.70. The number of nitrogen functional groups attached to an aromatic ring is 1. The van der Waals surface area contributed by atoms with Crippen LogP contribution in [0.25, 0.3) is 0 Å². The van der Waals surface area contributed by atoms with E-state index in [-0.39, 0.29) is 0 Å². The molecule has 0 fully saturated rings. The van der Waals surface area contributed by atoms with Gasteiger partial charge in [-0.15, -0.1) is 0 Å². The van der Waals surface area contributed by atoms with Gasteiger partial charge in [0.25, 0.3) is 0 Å². The molecule has 0 atom stereocenters. The van der Waals surface area contributed by atoms with Gasteiger partial charge in [-0.25, -0.2) is 0 Å². The van der Waals surface area contributed by atoms with Crippen molar-refractivity contribution in [1.82, 2.24) is 0 Å². The van der Waals surface area contributed by atoms with Gasteiger partial charge in [0.05, 0.1) is 12.4 Å². The molecule has 64 valence electrons. The fraction of sp³-hybridized carbons (Fsp3) is 0.222. The highest BCUT2D eigenvalue weighted by molar-refractivity contribution is 5.77. The van der Waals surface area contributed by atoms with Crippen LogP contribution in [-0.4, -0.2) is 5.84 Å². The quantitative estimate of drug-likeness (QED) is 0.390. The maximum atomic E-state index is 5.59. The Morgan fingerprint density at radius 3 is 2.83 bits per heavy atom. The molecule has 0 unspecified atom stereocenters. The molecule has 0 aliphatic rings. The van der Waals surface area contributed by atoms with E-state index in [9.17, 15) is 0 Å². The third-order valence-electron chi connectivity index (χ3n) is 1.46. The Bertz CT molecular complexity index is 288. The van der Waals surface area contributed by atoms with Gasteiger partial charge >= 0.3 is 0 Å². The van der Waals surface area contributed by atoms with E-state index in [0.717, 1.165) is 11.3 Å². The first-order valence-corrected chi connectivity index (χ1v) is 3.79. The minimum atomic E-state index is 0.595. The molecule has 1 aromatic carbocycles. The van der Waals surface area contributed by atoms with Crippen LogP contribution >= 0.6 is 0 Å². The monoisotopic (exact) mass is 163 g/mol. The molecule has 0 bridgehead atoms. The summed E-state index contributed by atoms with van der Waals surface area (Å²) in [4.78, 5) is 4.07. The number of rotatable bonds is 2. The highest BCUT2D eigenvalue weighted by Gasteiger charge is 1.90. The summed E-state index contributed by atoms with van der Waals surface area (Å²) < 4.78 is 0. The number of hydrogen-bond donors (Lipinski definition) is 2. The van der Waals surface area contributed by atoms with Gasteiger partial charge in [0.2, 0.25) is 0 Å². The van der Waals surface area contributed by atoms with Gasteiger partial charge in [0, 0.05) is 5.69 Å². The molecule has 3 heteroatoms. The molecule has 4 N–H and O–H groups in total. The molecule has 0 aromatic heterocycles. The molecule has 3 nitrogen and oxygen atoms in total. The first-order chi connectivity index (χ1) is 5.68. The van der Waals surface area contributed by atoms with E-state index in [2.05, 4.69) is 4.99 Å². The minimum absolute atomic E-state index is 0.595. The average molecular weight is 163 g/mol. The van der Waals surface area contributed by atoms with Crippen LogP contribution in [0, 0.1) is 0 Å². The fourth-order valence-electron chi connectivity index (χ4n) is 0.907. The van der Waals surface area contributed by atoms with Crippen LogP contribution in [-0.2, 0) is 6.54 Å². The zero-order valence-electron chi connectivity index (χ0n) is 7.12. The lowest BCUT2D eigenvalue weighted by Crippen LogP contribution is -2.05. The summed E-state index contributed by atoms with van der Waals surface area (Å²) in [6.45, 7) is 2.37. The lowest BCUT2D eigenvalue weighted by Gasteiger charge is -1.98. The minimum Gasteiger partial charge on any atom is -0.399 e. The number of amidine groups is 1. The van der Waals surface area contributed by atoms with Crippen LogP contribution < -0.4 is 11.5 Å². The molecule has 1 rings (SSSR count). The van der Waals surface area contributed by atoms with Gasteiger partial charge in [0.1, 0.15) is 0 Å². The number of anilines is 1. The lowest BCUT2D eigenvalue weighted by molar-refractivity contribution is 1.06. The Morgan fingerprint density at radius 1 is 1.50 bits per heavy atom. The zero-order chi connectivity index (χ0) is 8.97. The molecule has 0 heterocycles. The normalized spacial score (nSPS) is 11.6. The van der Waals surface area contributed by atoms with E-state index in [0.29, 0.717) is 12.4 Å². The van der Waals surface area contributed by atoms with Crippen molar-refractivity contribution in [2.45, 2.75) is 13.5 Å². The van der Waals surface area contributed by atoms with E-state index < -0.39 is 0 Å². The van der Waals surface area contributed by atoms with Crippen molar-refractivity contribution in [1.29, 1.82) is 0 Å². The summed E-state index contributed by atoms with van der Waals surface area (Å²) in [5.74, 6) is 0.595. The molecular formula is C9H13N3. The Kier molecular flexibility index (Phi) is 2.69. The van der Waals surface area contributed by atoms with Gasteiger partial charge in [-0.1, -0.05) is 12.1 Å². The van der Waals surface area contributed by atoms with Crippen LogP contribution in [0.2, 0.25) is 0 Å². The summed E-state index contributed by atoms with van der Waals surface area (Å²) in [5.41, 5.74) is 12.8. The second kappa shape index (κ2) is 3.76. The van der Waals surface area contributed by atoms with Crippen molar-refractivity contribution in [3.05, 3.63) is 29.8 Å².